The van der Waals surface area contributed by atoms with E-state index in [9.17, 15) is 8.78 Å². The maximum atomic E-state index is 13.6. The van der Waals surface area contributed by atoms with E-state index < -0.39 is 5.92 Å². The zero-order valence-corrected chi connectivity index (χ0v) is 21.1. The van der Waals surface area contributed by atoms with E-state index in [1.807, 2.05) is 30.6 Å². The Morgan fingerprint density at radius 1 is 0.921 bits per heavy atom. The van der Waals surface area contributed by atoms with Crippen LogP contribution in [-0.2, 0) is 6.54 Å². The molecule has 6 heterocycles. The van der Waals surface area contributed by atoms with E-state index in [4.69, 9.17) is 0 Å². The van der Waals surface area contributed by atoms with Gasteiger partial charge in [-0.25, -0.2) is 13.8 Å². The molecule has 5 aromatic rings. The summed E-state index contributed by atoms with van der Waals surface area (Å²) in [7, 11) is 0. The van der Waals surface area contributed by atoms with Gasteiger partial charge in [0.05, 0.1) is 17.8 Å². The minimum atomic E-state index is -2.60. The van der Waals surface area contributed by atoms with Crippen molar-refractivity contribution in [3.05, 3.63) is 60.6 Å². The number of pyridine rings is 2. The van der Waals surface area contributed by atoms with Crippen molar-refractivity contribution >= 4 is 27.6 Å². The standard InChI is InChI=1S/C29H29F2N7/c30-29(31)7-11-37(18-29)17-19-12-21(16-32-15-19)20-4-5-24-22(13-20)27(36-35-24)25-14-23-26(6-8-33-28(23)34-25)38-9-2-1-3-10-38/h4-6,8,12-16H,1-3,7,9-11,17-18H2,(H,33,34)(H,35,36). The molecule has 0 bridgehead atoms. The van der Waals surface area contributed by atoms with E-state index in [1.54, 1.807) is 11.1 Å². The van der Waals surface area contributed by atoms with Crippen LogP contribution in [0.2, 0.25) is 0 Å². The Morgan fingerprint density at radius 3 is 2.66 bits per heavy atom. The molecule has 2 aliphatic heterocycles. The number of anilines is 1. The third kappa shape index (κ3) is 4.30. The maximum absolute atomic E-state index is 13.6. The highest BCUT2D eigenvalue weighted by Gasteiger charge is 2.37. The van der Waals surface area contributed by atoms with Crippen LogP contribution in [0.3, 0.4) is 0 Å². The van der Waals surface area contributed by atoms with Crippen molar-refractivity contribution in [2.75, 3.05) is 31.1 Å². The molecule has 7 rings (SSSR count). The van der Waals surface area contributed by atoms with Crippen molar-refractivity contribution < 1.29 is 8.78 Å². The first kappa shape index (κ1) is 23.3. The van der Waals surface area contributed by atoms with Crippen LogP contribution >= 0.6 is 0 Å². The normalized spacial score (nSPS) is 18.1. The summed E-state index contributed by atoms with van der Waals surface area (Å²) in [5.74, 6) is -2.60. The van der Waals surface area contributed by atoms with Gasteiger partial charge in [-0.1, -0.05) is 6.07 Å². The molecule has 0 aliphatic carbocycles. The van der Waals surface area contributed by atoms with Crippen molar-refractivity contribution in [2.45, 2.75) is 38.2 Å². The fraction of sp³-hybridized carbons (Fsp3) is 0.345. The second kappa shape index (κ2) is 9.16. The van der Waals surface area contributed by atoms with E-state index in [1.165, 1.54) is 24.9 Å². The number of fused-ring (bicyclic) bond motifs is 2. The summed E-state index contributed by atoms with van der Waals surface area (Å²) < 4.78 is 27.3. The number of aromatic amines is 2. The molecule has 38 heavy (non-hydrogen) atoms. The van der Waals surface area contributed by atoms with Crippen LogP contribution < -0.4 is 4.90 Å². The van der Waals surface area contributed by atoms with Gasteiger partial charge in [-0.15, -0.1) is 0 Å². The number of nitrogens with one attached hydrogen (secondary N) is 2. The molecule has 2 saturated heterocycles. The largest absolute Gasteiger partial charge is 0.371 e. The van der Waals surface area contributed by atoms with Gasteiger partial charge >= 0.3 is 0 Å². The summed E-state index contributed by atoms with van der Waals surface area (Å²) >= 11 is 0. The molecule has 7 nitrogen and oxygen atoms in total. The smallest absolute Gasteiger partial charge is 0.261 e. The van der Waals surface area contributed by atoms with Crippen LogP contribution in [0.1, 0.15) is 31.2 Å². The molecular weight excluding hydrogens is 484 g/mol. The molecule has 0 saturated carbocycles. The Balaban J connectivity index is 1.22. The number of rotatable bonds is 5. The summed E-state index contributed by atoms with van der Waals surface area (Å²) in [6, 6.07) is 12.5. The van der Waals surface area contributed by atoms with E-state index in [2.05, 4.69) is 48.2 Å². The van der Waals surface area contributed by atoms with Crippen LogP contribution in [0.25, 0.3) is 44.5 Å². The fourth-order valence-corrected chi connectivity index (χ4v) is 5.88. The van der Waals surface area contributed by atoms with Gasteiger partial charge in [0.25, 0.3) is 5.92 Å². The number of H-pyrrole nitrogens is 2. The van der Waals surface area contributed by atoms with Gasteiger partial charge in [0, 0.05) is 73.2 Å². The average molecular weight is 514 g/mol. The lowest BCUT2D eigenvalue weighted by molar-refractivity contribution is 0.0115. The van der Waals surface area contributed by atoms with Gasteiger partial charge in [0.15, 0.2) is 0 Å². The van der Waals surface area contributed by atoms with E-state index >= 15 is 0 Å². The number of alkyl halides is 2. The highest BCUT2D eigenvalue weighted by atomic mass is 19.3. The number of benzene rings is 1. The number of piperidine rings is 1. The molecule has 0 amide bonds. The lowest BCUT2D eigenvalue weighted by Gasteiger charge is -2.29. The van der Waals surface area contributed by atoms with Crippen molar-refractivity contribution in [1.82, 2.24) is 30.0 Å². The monoisotopic (exact) mass is 513 g/mol. The molecule has 1 aromatic carbocycles. The summed E-state index contributed by atoms with van der Waals surface area (Å²) in [5.41, 5.74) is 7.67. The first-order valence-electron chi connectivity index (χ1n) is 13.3. The van der Waals surface area contributed by atoms with Gasteiger partial charge in [-0.3, -0.25) is 15.0 Å². The average Bonchev–Trinajstić information content (AvgIpc) is 3.64. The van der Waals surface area contributed by atoms with Crippen LogP contribution in [0.5, 0.6) is 0 Å². The zero-order chi connectivity index (χ0) is 25.7. The lowest BCUT2D eigenvalue weighted by Crippen LogP contribution is -2.29. The molecule has 2 fully saturated rings. The Morgan fingerprint density at radius 2 is 1.82 bits per heavy atom. The van der Waals surface area contributed by atoms with Crippen LogP contribution in [0, 0.1) is 0 Å². The first-order valence-corrected chi connectivity index (χ1v) is 13.3. The molecule has 0 spiro atoms. The van der Waals surface area contributed by atoms with Crippen molar-refractivity contribution in [3.63, 3.8) is 0 Å². The summed E-state index contributed by atoms with van der Waals surface area (Å²) in [5, 5.41) is 9.92. The third-order valence-electron chi connectivity index (χ3n) is 7.81. The number of likely N-dealkylation sites (tertiary alicyclic amines) is 1. The van der Waals surface area contributed by atoms with Gasteiger partial charge in [0.1, 0.15) is 11.3 Å². The van der Waals surface area contributed by atoms with Crippen LogP contribution in [0.4, 0.5) is 14.5 Å². The van der Waals surface area contributed by atoms with Gasteiger partial charge in [0.2, 0.25) is 0 Å². The topological polar surface area (TPSA) is 76.7 Å². The molecule has 0 unspecified atom stereocenters. The van der Waals surface area contributed by atoms with Crippen molar-refractivity contribution in [3.8, 4) is 22.5 Å². The van der Waals surface area contributed by atoms with Gasteiger partial charge < -0.3 is 9.88 Å². The van der Waals surface area contributed by atoms with Crippen LogP contribution in [-0.4, -0.2) is 62.2 Å². The minimum Gasteiger partial charge on any atom is -0.371 e. The Hall–Kier alpha value is -3.85. The van der Waals surface area contributed by atoms with Crippen molar-refractivity contribution in [2.24, 2.45) is 0 Å². The highest BCUT2D eigenvalue weighted by Crippen LogP contribution is 2.35. The Bertz CT molecular complexity index is 1620. The molecule has 194 valence electrons. The number of aromatic nitrogens is 5. The van der Waals surface area contributed by atoms with E-state index in [0.717, 1.165) is 63.1 Å². The highest BCUT2D eigenvalue weighted by molar-refractivity contribution is 5.99. The SMILES string of the molecule is FC1(F)CCN(Cc2cncc(-c3ccc4[nH]nc(-c5cc6c(N7CCCCC7)ccnc6[nH]5)c4c3)c2)C1. The maximum Gasteiger partial charge on any atom is 0.261 e. The molecule has 9 heteroatoms. The molecule has 2 aliphatic rings. The molecule has 0 radical (unpaired) electrons. The Kier molecular flexibility index (Phi) is 5.61. The Labute approximate surface area is 218 Å². The predicted octanol–water partition coefficient (Wildman–Crippen LogP) is 6.00. The second-order valence-electron chi connectivity index (χ2n) is 10.6. The summed E-state index contributed by atoms with van der Waals surface area (Å²) in [6.45, 7) is 2.82. The molecule has 2 N–H and O–H groups in total. The zero-order valence-electron chi connectivity index (χ0n) is 21.1. The summed E-state index contributed by atoms with van der Waals surface area (Å²) in [4.78, 5) is 16.7. The van der Waals surface area contributed by atoms with Gasteiger partial charge in [-0.05, 0) is 60.7 Å². The fourth-order valence-electron chi connectivity index (χ4n) is 5.88. The second-order valence-corrected chi connectivity index (χ2v) is 10.6. The third-order valence-corrected chi connectivity index (χ3v) is 7.81. The van der Waals surface area contributed by atoms with E-state index in [0.29, 0.717) is 13.1 Å². The number of halogens is 2. The van der Waals surface area contributed by atoms with Crippen molar-refractivity contribution in [1.29, 1.82) is 0 Å². The number of hydrogen-bond donors (Lipinski definition) is 2. The number of hydrogen-bond acceptors (Lipinski definition) is 5. The van der Waals surface area contributed by atoms with Gasteiger partial charge in [-0.2, -0.15) is 5.10 Å². The molecule has 4 aromatic heterocycles. The quantitative estimate of drug-likeness (QED) is 0.302. The number of nitrogens with zero attached hydrogens (tertiary/aromatic N) is 5. The summed E-state index contributed by atoms with van der Waals surface area (Å²) in [6.07, 6.45) is 9.10. The molecule has 0 atom stereocenters. The van der Waals surface area contributed by atoms with E-state index in [-0.39, 0.29) is 13.0 Å². The first-order chi connectivity index (χ1) is 18.5. The minimum absolute atomic E-state index is 0.0805. The van der Waals surface area contributed by atoms with Crippen LogP contribution in [0.15, 0.2) is 55.0 Å². The molecular formula is C29H29F2N7. The predicted molar refractivity (Wildman–Crippen MR) is 145 cm³/mol. The lowest BCUT2D eigenvalue weighted by atomic mass is 10.0.